The lowest BCUT2D eigenvalue weighted by Gasteiger charge is -2.07. The molecule has 0 spiro atoms. The maximum absolute atomic E-state index is 6.26. The van der Waals surface area contributed by atoms with E-state index in [0.717, 1.165) is 59.8 Å². The van der Waals surface area contributed by atoms with Gasteiger partial charge in [-0.25, -0.2) is 9.98 Å². The van der Waals surface area contributed by atoms with Crippen LogP contribution in [-0.2, 0) is 0 Å². The average Bonchev–Trinajstić information content (AvgIpc) is 3.01. The molecule has 10 heteroatoms. The Labute approximate surface area is 247 Å². The van der Waals surface area contributed by atoms with E-state index in [1.807, 2.05) is 72.8 Å². The number of nitrogens with one attached hydrogen (secondary N) is 2. The van der Waals surface area contributed by atoms with Crippen molar-refractivity contribution in [3.8, 4) is 0 Å². The minimum Gasteiger partial charge on any atom is -0.385 e. The van der Waals surface area contributed by atoms with Gasteiger partial charge in [0.05, 0.1) is 11.4 Å². The van der Waals surface area contributed by atoms with Crippen molar-refractivity contribution >= 4 is 46.1 Å². The molecule has 218 valence electrons. The zero-order chi connectivity index (χ0) is 30.2. The molecule has 0 saturated carbocycles. The molecule has 0 unspecified atom stereocenters. The van der Waals surface area contributed by atoms with E-state index in [0.29, 0.717) is 36.4 Å². The third kappa shape index (κ3) is 10.6. The van der Waals surface area contributed by atoms with Crippen molar-refractivity contribution in [2.45, 2.75) is 12.8 Å². The van der Waals surface area contributed by atoms with E-state index in [1.54, 1.807) is 12.2 Å². The largest absolute Gasteiger partial charge is 0.385 e. The van der Waals surface area contributed by atoms with Gasteiger partial charge in [-0.05, 0) is 97.8 Å². The van der Waals surface area contributed by atoms with Gasteiger partial charge in [-0.3, -0.25) is 9.98 Å². The van der Waals surface area contributed by atoms with Crippen LogP contribution in [0.5, 0.6) is 0 Å². The van der Waals surface area contributed by atoms with Gasteiger partial charge < -0.3 is 33.6 Å². The minimum absolute atomic E-state index is 0.425. The molecule has 0 heterocycles. The van der Waals surface area contributed by atoms with Gasteiger partial charge in [0.15, 0.2) is 0 Å². The molecule has 10 N–H and O–H groups in total. The molecule has 0 saturated heterocycles. The molecule has 10 nitrogen and oxygen atoms in total. The fourth-order valence-corrected chi connectivity index (χ4v) is 3.70. The summed E-state index contributed by atoms with van der Waals surface area (Å²) in [5.74, 6) is 1.77. The summed E-state index contributed by atoms with van der Waals surface area (Å²) < 4.78 is 0. The predicted molar refractivity (Wildman–Crippen MR) is 180 cm³/mol. The Morgan fingerprint density at radius 2 is 0.929 bits per heavy atom. The Kier molecular flexibility index (Phi) is 12.4. The lowest BCUT2D eigenvalue weighted by atomic mass is 10.2. The number of anilines is 2. The molecule has 0 aliphatic carbocycles. The summed E-state index contributed by atoms with van der Waals surface area (Å²) in [6.07, 6.45) is 4.81. The molecule has 0 aromatic heterocycles. The normalized spacial score (nSPS) is 12.6. The molecule has 0 aliphatic rings. The van der Waals surface area contributed by atoms with Gasteiger partial charge in [-0.2, -0.15) is 0 Å². The quantitative estimate of drug-likeness (QED) is 0.0850. The van der Waals surface area contributed by atoms with Crippen LogP contribution in [0.2, 0.25) is 0 Å². The van der Waals surface area contributed by atoms with Crippen molar-refractivity contribution in [2.75, 3.05) is 36.8 Å². The first-order valence-corrected chi connectivity index (χ1v) is 13.7. The van der Waals surface area contributed by atoms with Crippen LogP contribution >= 0.6 is 0 Å². The molecule has 3 aromatic carbocycles. The Bertz CT molecular complexity index is 1310. The molecule has 3 aromatic rings. The summed E-state index contributed by atoms with van der Waals surface area (Å²) in [5, 5.41) is 6.71. The summed E-state index contributed by atoms with van der Waals surface area (Å²) >= 11 is 0. The monoisotopic (exact) mass is 564 g/mol. The summed E-state index contributed by atoms with van der Waals surface area (Å²) in [4.78, 5) is 17.5. The lowest BCUT2D eigenvalue weighted by Crippen LogP contribution is -2.13. The van der Waals surface area contributed by atoms with E-state index in [4.69, 9.17) is 22.9 Å². The number of nitrogens with zero attached hydrogens (tertiary/aromatic N) is 4. The van der Waals surface area contributed by atoms with Crippen LogP contribution in [0.1, 0.15) is 24.0 Å². The zero-order valence-corrected chi connectivity index (χ0v) is 23.8. The van der Waals surface area contributed by atoms with Gasteiger partial charge in [0.1, 0.15) is 23.3 Å². The van der Waals surface area contributed by atoms with Crippen molar-refractivity contribution in [1.82, 2.24) is 0 Å². The van der Waals surface area contributed by atoms with E-state index < -0.39 is 0 Å². The summed E-state index contributed by atoms with van der Waals surface area (Å²) in [6.45, 7) is 10.0. The van der Waals surface area contributed by atoms with E-state index in [9.17, 15) is 0 Å². The molecule has 0 fully saturated rings. The standard InChI is InChI=1S/C32H40N10/c1-3-29(33)39-21-5-19-37-25-11-7-23(8-12-25)31(35)41-27-15-17-28(18-16-27)42-32(36)24-9-13-26(14-10-24)38-20-6-22-40-30(34)4-2/h3-4,7-18,37-38H,1-2,5-6,19-22H2,(H2,33,39)(H2,34,40)(H2,35,41)(H2,36,42). The Morgan fingerprint density at radius 3 is 1.26 bits per heavy atom. The molecule has 0 radical (unpaired) electrons. The van der Waals surface area contributed by atoms with Gasteiger partial charge in [-0.1, -0.05) is 13.2 Å². The third-order valence-corrected chi connectivity index (χ3v) is 6.05. The topological polar surface area (TPSA) is 178 Å². The molecular formula is C32H40N10. The minimum atomic E-state index is 0.425. The van der Waals surface area contributed by atoms with Crippen molar-refractivity contribution in [3.63, 3.8) is 0 Å². The molecule has 0 bridgehead atoms. The Morgan fingerprint density at radius 1 is 0.571 bits per heavy atom. The van der Waals surface area contributed by atoms with E-state index >= 15 is 0 Å². The van der Waals surface area contributed by atoms with Gasteiger partial charge in [0, 0.05) is 48.7 Å². The lowest BCUT2D eigenvalue weighted by molar-refractivity contribution is 0.874. The highest BCUT2D eigenvalue weighted by molar-refractivity contribution is 6.00. The highest BCUT2D eigenvalue weighted by Crippen LogP contribution is 2.21. The second-order valence-electron chi connectivity index (χ2n) is 9.25. The van der Waals surface area contributed by atoms with E-state index in [-0.39, 0.29) is 0 Å². The van der Waals surface area contributed by atoms with Crippen LogP contribution in [0.3, 0.4) is 0 Å². The number of amidine groups is 4. The Balaban J connectivity index is 1.50. The summed E-state index contributed by atoms with van der Waals surface area (Å²) in [6, 6.07) is 23.1. The molecule has 42 heavy (non-hydrogen) atoms. The van der Waals surface area contributed by atoms with Crippen LogP contribution < -0.4 is 33.6 Å². The van der Waals surface area contributed by atoms with Crippen molar-refractivity contribution < 1.29 is 0 Å². The van der Waals surface area contributed by atoms with Gasteiger partial charge in [0.2, 0.25) is 0 Å². The number of hydrogen-bond acceptors (Lipinski definition) is 6. The number of aliphatic imine (C=N–C) groups is 4. The predicted octanol–water partition coefficient (Wildman–Crippen LogP) is 4.45. The van der Waals surface area contributed by atoms with Crippen molar-refractivity contribution in [2.24, 2.45) is 42.9 Å². The maximum Gasteiger partial charge on any atom is 0.131 e. The van der Waals surface area contributed by atoms with Crippen molar-refractivity contribution in [3.05, 3.63) is 109 Å². The fraction of sp³-hybridized carbons (Fsp3) is 0.188. The first-order chi connectivity index (χ1) is 20.4. The van der Waals surface area contributed by atoms with Crippen LogP contribution in [0.15, 0.2) is 118 Å². The molecular weight excluding hydrogens is 524 g/mol. The highest BCUT2D eigenvalue weighted by atomic mass is 14.9. The summed E-state index contributed by atoms with van der Waals surface area (Å²) in [7, 11) is 0. The highest BCUT2D eigenvalue weighted by Gasteiger charge is 2.03. The first-order valence-electron chi connectivity index (χ1n) is 13.7. The second kappa shape index (κ2) is 16.7. The number of benzene rings is 3. The van der Waals surface area contributed by atoms with Crippen LogP contribution in [0, 0.1) is 0 Å². The van der Waals surface area contributed by atoms with Gasteiger partial charge in [0.25, 0.3) is 0 Å². The molecule has 3 rings (SSSR count). The van der Waals surface area contributed by atoms with Crippen LogP contribution in [-0.4, -0.2) is 49.5 Å². The number of rotatable bonds is 16. The second-order valence-corrected chi connectivity index (χ2v) is 9.25. The SMILES string of the molecule is C=CC(N)=NCCCNc1ccc(C(N)=Nc2ccc(N=C(N)c3ccc(NCCCN=C(N)C=C)cc3)cc2)cc1. The molecule has 0 atom stereocenters. The average molecular weight is 565 g/mol. The zero-order valence-electron chi connectivity index (χ0n) is 23.8. The van der Waals surface area contributed by atoms with Crippen molar-refractivity contribution in [1.29, 1.82) is 0 Å². The van der Waals surface area contributed by atoms with E-state index in [1.165, 1.54) is 0 Å². The van der Waals surface area contributed by atoms with Crippen LogP contribution in [0.25, 0.3) is 0 Å². The molecule has 0 aliphatic heterocycles. The number of nitrogens with two attached hydrogens (primary N) is 4. The molecule has 0 amide bonds. The van der Waals surface area contributed by atoms with Gasteiger partial charge >= 0.3 is 0 Å². The maximum atomic E-state index is 6.26. The Hall–Kier alpha value is -5.38. The van der Waals surface area contributed by atoms with E-state index in [2.05, 4.69) is 43.8 Å². The van der Waals surface area contributed by atoms with Crippen LogP contribution in [0.4, 0.5) is 22.7 Å². The smallest absolute Gasteiger partial charge is 0.131 e. The summed E-state index contributed by atoms with van der Waals surface area (Å²) in [5.41, 5.74) is 28.8. The third-order valence-electron chi connectivity index (χ3n) is 6.05. The fourth-order valence-electron chi connectivity index (χ4n) is 3.70. The first kappa shape index (κ1) is 31.2. The number of hydrogen-bond donors (Lipinski definition) is 6. The van der Waals surface area contributed by atoms with Gasteiger partial charge in [-0.15, -0.1) is 0 Å².